The van der Waals surface area contributed by atoms with E-state index in [0.29, 0.717) is 37.1 Å². The topological polar surface area (TPSA) is 101 Å². The minimum Gasteiger partial charge on any atom is -0.483 e. The first kappa shape index (κ1) is 24.5. The molecule has 1 amide bonds. The number of hydrogen-bond acceptors (Lipinski definition) is 5. The van der Waals surface area contributed by atoms with Gasteiger partial charge in [-0.15, -0.1) is 0 Å². The molecule has 4 aromatic rings. The van der Waals surface area contributed by atoms with Crippen LogP contribution in [0.4, 0.5) is 0 Å². The van der Waals surface area contributed by atoms with Crippen LogP contribution in [0.1, 0.15) is 33.6 Å². The Bertz CT molecular complexity index is 1590. The zero-order chi connectivity index (χ0) is 25.8. The van der Waals surface area contributed by atoms with Gasteiger partial charge < -0.3 is 9.64 Å². The average molecular weight is 508 g/mol. The fourth-order valence-corrected chi connectivity index (χ4v) is 6.02. The quantitative estimate of drug-likeness (QED) is 0.299. The first-order valence-electron chi connectivity index (χ1n) is 12.1. The van der Waals surface area contributed by atoms with Crippen LogP contribution >= 0.6 is 0 Å². The Morgan fingerprint density at radius 2 is 1.47 bits per heavy atom. The van der Waals surface area contributed by atoms with Gasteiger partial charge in [0.15, 0.2) is 6.61 Å². The molecule has 0 unspecified atom stereocenters. The summed E-state index contributed by atoms with van der Waals surface area (Å²) in [5.41, 5.74) is -0.378. The number of amides is 1. The number of ether oxygens (including phenoxy) is 1. The fourth-order valence-electron chi connectivity index (χ4n) is 5.33. The Kier molecular flexibility index (Phi) is 5.92. The number of piperidine rings is 1. The second kappa shape index (κ2) is 8.71. The van der Waals surface area contributed by atoms with E-state index in [0.717, 1.165) is 26.9 Å². The summed E-state index contributed by atoms with van der Waals surface area (Å²) < 4.78 is 39.6. The van der Waals surface area contributed by atoms with Crippen LogP contribution in [0.15, 0.2) is 53.4 Å². The Labute approximate surface area is 210 Å². The standard InChI is InChI=1S/C28H29NO6S/c1-28(2,3)27(31)19-12-14-29(15-13-19)24(30)16-35-22-10-6-17-4-5-18-7-11-23(36(32,33)34)21-9-8-20(22)25(17)26(18)21/h4-11,19H,12-16H2,1-3H3,(H,32,33,34). The van der Waals surface area contributed by atoms with Crippen LogP contribution in [0.25, 0.3) is 32.3 Å². The molecule has 1 N–H and O–H groups in total. The van der Waals surface area contributed by atoms with E-state index in [2.05, 4.69) is 0 Å². The lowest BCUT2D eigenvalue weighted by atomic mass is 9.79. The van der Waals surface area contributed by atoms with E-state index in [1.54, 1.807) is 23.1 Å². The van der Waals surface area contributed by atoms with Crippen molar-refractivity contribution in [3.8, 4) is 5.75 Å². The molecule has 5 rings (SSSR count). The van der Waals surface area contributed by atoms with Crippen LogP contribution in [0.2, 0.25) is 0 Å². The number of nitrogens with zero attached hydrogens (tertiary/aromatic N) is 1. The molecule has 1 saturated heterocycles. The molecule has 1 aliphatic rings. The summed E-state index contributed by atoms with van der Waals surface area (Å²) in [7, 11) is -4.39. The number of carbonyl (C=O) groups excluding carboxylic acids is 2. The van der Waals surface area contributed by atoms with Crippen LogP contribution in [-0.4, -0.2) is 49.3 Å². The fraction of sp³-hybridized carbons (Fsp3) is 0.357. The number of Topliss-reactive ketones (excluding diaryl/α,β-unsaturated/α-hetero) is 1. The zero-order valence-electron chi connectivity index (χ0n) is 20.6. The molecule has 0 aromatic heterocycles. The molecule has 0 aliphatic carbocycles. The Morgan fingerprint density at radius 3 is 2.08 bits per heavy atom. The molecular weight excluding hydrogens is 478 g/mol. The summed E-state index contributed by atoms with van der Waals surface area (Å²) >= 11 is 0. The number of hydrogen-bond donors (Lipinski definition) is 1. The van der Waals surface area contributed by atoms with E-state index in [1.165, 1.54) is 6.07 Å². The number of ketones is 1. The van der Waals surface area contributed by atoms with Gasteiger partial charge in [0.25, 0.3) is 16.0 Å². The minimum atomic E-state index is -4.39. The predicted octanol–water partition coefficient (Wildman–Crippen LogP) is 5.06. The molecule has 0 radical (unpaired) electrons. The molecule has 188 valence electrons. The van der Waals surface area contributed by atoms with Gasteiger partial charge in [0, 0.05) is 40.6 Å². The number of likely N-dealkylation sites (tertiary alicyclic amines) is 1. The molecule has 1 heterocycles. The van der Waals surface area contributed by atoms with Crippen molar-refractivity contribution in [1.29, 1.82) is 0 Å². The highest BCUT2D eigenvalue weighted by Gasteiger charge is 2.33. The summed E-state index contributed by atoms with van der Waals surface area (Å²) in [6.45, 7) is 6.73. The third kappa shape index (κ3) is 4.29. The summed E-state index contributed by atoms with van der Waals surface area (Å²) in [5.74, 6) is 0.633. The lowest BCUT2D eigenvalue weighted by Gasteiger charge is -2.34. The molecule has 0 bridgehead atoms. The van der Waals surface area contributed by atoms with Gasteiger partial charge in [0.1, 0.15) is 16.4 Å². The van der Waals surface area contributed by atoms with Crippen molar-refractivity contribution in [1.82, 2.24) is 4.90 Å². The molecule has 1 aliphatic heterocycles. The normalized spacial score (nSPS) is 15.7. The lowest BCUT2D eigenvalue weighted by Crippen LogP contribution is -2.44. The first-order chi connectivity index (χ1) is 16.9. The average Bonchev–Trinajstić information content (AvgIpc) is 2.84. The summed E-state index contributed by atoms with van der Waals surface area (Å²) in [4.78, 5) is 27.1. The van der Waals surface area contributed by atoms with Crippen LogP contribution in [0.5, 0.6) is 5.75 Å². The van der Waals surface area contributed by atoms with Crippen molar-refractivity contribution >= 4 is 54.1 Å². The molecule has 0 saturated carbocycles. The first-order valence-corrected chi connectivity index (χ1v) is 13.5. The molecular formula is C28H29NO6S. The van der Waals surface area contributed by atoms with Crippen molar-refractivity contribution in [2.24, 2.45) is 11.3 Å². The SMILES string of the molecule is CC(C)(C)C(=O)C1CCN(C(=O)COc2ccc3ccc4ccc(S(=O)(=O)O)c5ccc2c3c45)CC1. The second-order valence-electron chi connectivity index (χ2n) is 10.6. The smallest absolute Gasteiger partial charge is 0.295 e. The van der Waals surface area contributed by atoms with Gasteiger partial charge in [-0.2, -0.15) is 8.42 Å². The highest BCUT2D eigenvalue weighted by molar-refractivity contribution is 7.86. The Morgan fingerprint density at radius 1 is 0.917 bits per heavy atom. The zero-order valence-corrected chi connectivity index (χ0v) is 21.4. The van der Waals surface area contributed by atoms with Gasteiger partial charge in [0.05, 0.1) is 0 Å². The number of rotatable bonds is 5. The van der Waals surface area contributed by atoms with Gasteiger partial charge in [-0.1, -0.05) is 51.1 Å². The van der Waals surface area contributed by atoms with Crippen molar-refractivity contribution in [3.05, 3.63) is 48.5 Å². The summed E-state index contributed by atoms with van der Waals surface area (Å²) in [6, 6.07) is 14.1. The van der Waals surface area contributed by atoms with Crippen LogP contribution in [0.3, 0.4) is 0 Å². The lowest BCUT2D eigenvalue weighted by molar-refractivity contribution is -0.138. The highest BCUT2D eigenvalue weighted by atomic mass is 32.2. The minimum absolute atomic E-state index is 0.0137. The van der Waals surface area contributed by atoms with E-state index in [4.69, 9.17) is 4.74 Å². The maximum Gasteiger partial charge on any atom is 0.295 e. The number of benzene rings is 4. The van der Waals surface area contributed by atoms with Gasteiger partial charge in [-0.25, -0.2) is 0 Å². The maximum atomic E-state index is 12.9. The molecule has 0 atom stereocenters. The third-order valence-electron chi connectivity index (χ3n) is 7.17. The number of carbonyl (C=O) groups is 2. The van der Waals surface area contributed by atoms with Gasteiger partial charge in [-0.3, -0.25) is 14.1 Å². The van der Waals surface area contributed by atoms with Gasteiger partial charge >= 0.3 is 0 Å². The van der Waals surface area contributed by atoms with E-state index in [1.807, 2.05) is 45.0 Å². The van der Waals surface area contributed by atoms with Crippen LogP contribution in [-0.2, 0) is 19.7 Å². The highest BCUT2D eigenvalue weighted by Crippen LogP contribution is 2.40. The monoisotopic (exact) mass is 507 g/mol. The molecule has 0 spiro atoms. The molecule has 36 heavy (non-hydrogen) atoms. The molecule has 4 aromatic carbocycles. The van der Waals surface area contributed by atoms with Crippen LogP contribution < -0.4 is 4.74 Å². The van der Waals surface area contributed by atoms with E-state index < -0.39 is 10.1 Å². The Balaban J connectivity index is 1.39. The molecule has 7 nitrogen and oxygen atoms in total. The van der Waals surface area contributed by atoms with E-state index >= 15 is 0 Å². The van der Waals surface area contributed by atoms with Crippen LogP contribution in [0, 0.1) is 11.3 Å². The third-order valence-corrected chi connectivity index (χ3v) is 8.08. The van der Waals surface area contributed by atoms with Crippen molar-refractivity contribution in [2.75, 3.05) is 19.7 Å². The van der Waals surface area contributed by atoms with Crippen molar-refractivity contribution in [3.63, 3.8) is 0 Å². The van der Waals surface area contributed by atoms with E-state index in [9.17, 15) is 22.6 Å². The summed E-state index contributed by atoms with van der Waals surface area (Å²) in [5, 5.41) is 4.50. The second-order valence-corrected chi connectivity index (χ2v) is 12.0. The predicted molar refractivity (Wildman–Crippen MR) is 139 cm³/mol. The molecule has 1 fully saturated rings. The maximum absolute atomic E-state index is 12.9. The van der Waals surface area contributed by atoms with Crippen molar-refractivity contribution in [2.45, 2.75) is 38.5 Å². The molecule has 8 heteroatoms. The summed E-state index contributed by atoms with van der Waals surface area (Å²) in [6.07, 6.45) is 1.33. The Hall–Kier alpha value is -3.23. The van der Waals surface area contributed by atoms with Gasteiger partial charge in [0.2, 0.25) is 0 Å². The van der Waals surface area contributed by atoms with Crippen molar-refractivity contribution < 1.29 is 27.3 Å². The largest absolute Gasteiger partial charge is 0.483 e. The van der Waals surface area contributed by atoms with Gasteiger partial charge in [-0.05, 0) is 47.2 Å². The van der Waals surface area contributed by atoms with E-state index in [-0.39, 0.29) is 34.5 Å².